The number of para-hydroxylation sites is 1. The topological polar surface area (TPSA) is 77.3 Å². The summed E-state index contributed by atoms with van der Waals surface area (Å²) < 4.78 is 22.0. The maximum Gasteiger partial charge on any atom is 0.203 e. The zero-order valence-electron chi connectivity index (χ0n) is 17.7. The van der Waals surface area contributed by atoms with E-state index >= 15 is 0 Å². The van der Waals surface area contributed by atoms with Crippen molar-refractivity contribution in [3.63, 3.8) is 0 Å². The second kappa shape index (κ2) is 11.5. The van der Waals surface area contributed by atoms with Crippen molar-refractivity contribution in [2.45, 2.75) is 13.3 Å². The van der Waals surface area contributed by atoms with Crippen LogP contribution in [0.1, 0.15) is 12.7 Å². The number of rotatable bonds is 8. The van der Waals surface area contributed by atoms with Crippen LogP contribution in [0.3, 0.4) is 0 Å². The number of methoxy groups -OCH3 is 3. The van der Waals surface area contributed by atoms with Gasteiger partial charge in [-0.05, 0) is 19.1 Å². The van der Waals surface area contributed by atoms with E-state index in [0.717, 1.165) is 29.0 Å². The first-order valence-corrected chi connectivity index (χ1v) is 9.51. The molecule has 7 nitrogen and oxygen atoms in total. The number of nitrogens with zero attached hydrogens (tertiary/aromatic N) is 1. The van der Waals surface area contributed by atoms with E-state index in [-0.39, 0.29) is 24.0 Å². The molecule has 0 unspecified atom stereocenters. The van der Waals surface area contributed by atoms with Gasteiger partial charge in [0.15, 0.2) is 17.5 Å². The number of hydrogen-bond acceptors (Lipinski definition) is 5. The summed E-state index contributed by atoms with van der Waals surface area (Å²) in [5, 5.41) is 7.63. The number of ether oxygens (including phenoxy) is 3. The zero-order chi connectivity index (χ0) is 20.6. The third-order valence-electron chi connectivity index (χ3n) is 4.38. The highest BCUT2D eigenvalue weighted by Gasteiger charge is 2.14. The Kier molecular flexibility index (Phi) is 9.10. The van der Waals surface area contributed by atoms with Gasteiger partial charge in [0.2, 0.25) is 5.75 Å². The molecule has 2 aromatic carbocycles. The van der Waals surface area contributed by atoms with Gasteiger partial charge in [0, 0.05) is 42.7 Å². The van der Waals surface area contributed by atoms with Gasteiger partial charge in [-0.1, -0.05) is 18.2 Å². The van der Waals surface area contributed by atoms with Gasteiger partial charge in [-0.25, -0.2) is 0 Å². The van der Waals surface area contributed by atoms with Crippen molar-refractivity contribution in [3.05, 3.63) is 48.2 Å². The van der Waals surface area contributed by atoms with Crippen molar-refractivity contribution < 1.29 is 18.6 Å². The Hall–Kier alpha value is -2.62. The molecule has 162 valence electrons. The normalized spacial score (nSPS) is 11.0. The van der Waals surface area contributed by atoms with Crippen molar-refractivity contribution in [2.75, 3.05) is 39.7 Å². The summed E-state index contributed by atoms with van der Waals surface area (Å²) in [7, 11) is 4.76. The molecule has 30 heavy (non-hydrogen) atoms. The molecule has 8 heteroatoms. The first-order chi connectivity index (χ1) is 14.2. The van der Waals surface area contributed by atoms with Gasteiger partial charge in [0.1, 0.15) is 11.3 Å². The third kappa shape index (κ3) is 5.71. The zero-order valence-corrected chi connectivity index (χ0v) is 20.0. The van der Waals surface area contributed by atoms with Crippen molar-refractivity contribution in [1.82, 2.24) is 5.32 Å². The van der Waals surface area contributed by atoms with Gasteiger partial charge in [0.25, 0.3) is 0 Å². The molecule has 0 radical (unpaired) electrons. The van der Waals surface area contributed by atoms with E-state index in [1.807, 2.05) is 43.3 Å². The number of anilines is 1. The molecule has 1 heterocycles. The fourth-order valence-corrected chi connectivity index (χ4v) is 3.04. The molecule has 0 fully saturated rings. The van der Waals surface area contributed by atoms with Crippen molar-refractivity contribution >= 4 is 46.6 Å². The van der Waals surface area contributed by atoms with E-state index in [2.05, 4.69) is 21.7 Å². The number of furan rings is 1. The number of guanidine groups is 1. The summed E-state index contributed by atoms with van der Waals surface area (Å²) in [4.78, 5) is 4.65. The Morgan fingerprint density at radius 3 is 2.30 bits per heavy atom. The summed E-state index contributed by atoms with van der Waals surface area (Å²) >= 11 is 0. The maximum atomic E-state index is 5.86. The Morgan fingerprint density at radius 1 is 1.00 bits per heavy atom. The molecule has 0 saturated carbocycles. The van der Waals surface area contributed by atoms with Gasteiger partial charge in [-0.15, -0.1) is 24.0 Å². The van der Waals surface area contributed by atoms with Gasteiger partial charge in [0.05, 0.1) is 21.3 Å². The lowest BCUT2D eigenvalue weighted by Crippen LogP contribution is -2.31. The Labute approximate surface area is 193 Å². The predicted octanol–water partition coefficient (Wildman–Crippen LogP) is 4.70. The Balaban J connectivity index is 0.00000320. The van der Waals surface area contributed by atoms with Gasteiger partial charge in [-0.3, -0.25) is 4.99 Å². The fraction of sp³-hybridized carbons (Fsp3) is 0.318. The minimum atomic E-state index is 0. The second-order valence-electron chi connectivity index (χ2n) is 6.30. The average molecular weight is 525 g/mol. The van der Waals surface area contributed by atoms with Crippen LogP contribution in [0.2, 0.25) is 0 Å². The Morgan fingerprint density at radius 2 is 1.70 bits per heavy atom. The van der Waals surface area contributed by atoms with Crippen LogP contribution in [0.4, 0.5) is 5.69 Å². The third-order valence-corrected chi connectivity index (χ3v) is 4.38. The smallest absolute Gasteiger partial charge is 0.203 e. The molecule has 0 aliphatic heterocycles. The summed E-state index contributed by atoms with van der Waals surface area (Å²) in [6.07, 6.45) is 0.709. The molecule has 0 saturated heterocycles. The van der Waals surface area contributed by atoms with Gasteiger partial charge >= 0.3 is 0 Å². The molecule has 0 aliphatic rings. The average Bonchev–Trinajstić information content (AvgIpc) is 3.15. The van der Waals surface area contributed by atoms with E-state index in [4.69, 9.17) is 18.6 Å². The second-order valence-corrected chi connectivity index (χ2v) is 6.30. The number of hydrogen-bond donors (Lipinski definition) is 2. The monoisotopic (exact) mass is 525 g/mol. The van der Waals surface area contributed by atoms with Crippen LogP contribution in [0, 0.1) is 0 Å². The largest absolute Gasteiger partial charge is 0.493 e. The summed E-state index contributed by atoms with van der Waals surface area (Å²) in [6.45, 7) is 3.34. The standard InChI is InChI=1S/C22H27N3O4.HI/c1-5-23-22(24-11-10-17-12-15-8-6-7-9-18(15)29-17)25-16-13-19(26-2)21(28-4)20(14-16)27-3;/h6-9,12-14H,5,10-11H2,1-4H3,(H2,23,24,25);1H. The highest BCUT2D eigenvalue weighted by atomic mass is 127. The molecule has 3 aromatic rings. The van der Waals surface area contributed by atoms with Crippen LogP contribution in [0.5, 0.6) is 17.2 Å². The molecule has 0 aliphatic carbocycles. The lowest BCUT2D eigenvalue weighted by atomic mass is 10.2. The van der Waals surface area contributed by atoms with Crippen LogP contribution in [-0.2, 0) is 6.42 Å². The summed E-state index contributed by atoms with van der Waals surface area (Å²) in [6, 6.07) is 13.7. The van der Waals surface area contributed by atoms with Gasteiger partial charge < -0.3 is 29.3 Å². The molecule has 0 atom stereocenters. The van der Waals surface area contributed by atoms with E-state index < -0.39 is 0 Å². The fourth-order valence-electron chi connectivity index (χ4n) is 3.04. The number of benzene rings is 2. The first kappa shape index (κ1) is 23.7. The van der Waals surface area contributed by atoms with Crippen molar-refractivity contribution in [2.24, 2.45) is 4.99 Å². The van der Waals surface area contributed by atoms with Crippen LogP contribution in [0.15, 0.2) is 51.9 Å². The lowest BCUT2D eigenvalue weighted by Gasteiger charge is -2.16. The molecular formula is C22H28IN3O4. The van der Waals surface area contributed by atoms with E-state index in [1.54, 1.807) is 21.3 Å². The number of halogens is 1. The van der Waals surface area contributed by atoms with Crippen molar-refractivity contribution in [3.8, 4) is 17.2 Å². The molecule has 0 amide bonds. The molecule has 1 aromatic heterocycles. The van der Waals surface area contributed by atoms with Crippen LogP contribution in [0.25, 0.3) is 11.0 Å². The first-order valence-electron chi connectivity index (χ1n) is 9.51. The number of aliphatic imine (C=N–C) groups is 1. The molecular weight excluding hydrogens is 497 g/mol. The maximum absolute atomic E-state index is 5.86. The highest BCUT2D eigenvalue weighted by Crippen LogP contribution is 2.39. The van der Waals surface area contributed by atoms with E-state index in [1.165, 1.54) is 0 Å². The SMILES string of the molecule is CCNC(=NCCc1cc2ccccc2o1)Nc1cc(OC)c(OC)c(OC)c1.I. The minimum absolute atomic E-state index is 0. The van der Waals surface area contributed by atoms with Gasteiger partial charge in [-0.2, -0.15) is 0 Å². The lowest BCUT2D eigenvalue weighted by molar-refractivity contribution is 0.324. The highest BCUT2D eigenvalue weighted by molar-refractivity contribution is 14.0. The molecule has 0 spiro atoms. The van der Waals surface area contributed by atoms with Crippen LogP contribution < -0.4 is 24.8 Å². The molecule has 2 N–H and O–H groups in total. The van der Waals surface area contributed by atoms with Crippen molar-refractivity contribution in [1.29, 1.82) is 0 Å². The minimum Gasteiger partial charge on any atom is -0.493 e. The molecule has 0 bridgehead atoms. The quantitative estimate of drug-likeness (QED) is 0.252. The van der Waals surface area contributed by atoms with Crippen LogP contribution in [-0.4, -0.2) is 40.4 Å². The van der Waals surface area contributed by atoms with E-state index in [0.29, 0.717) is 36.2 Å². The van der Waals surface area contributed by atoms with E-state index in [9.17, 15) is 0 Å². The van der Waals surface area contributed by atoms with Crippen LogP contribution >= 0.6 is 24.0 Å². The predicted molar refractivity (Wildman–Crippen MR) is 131 cm³/mol. The summed E-state index contributed by atoms with van der Waals surface area (Å²) in [5.74, 6) is 3.28. The number of nitrogens with one attached hydrogen (secondary N) is 2. The Bertz CT molecular complexity index is 929. The summed E-state index contributed by atoms with van der Waals surface area (Å²) in [5.41, 5.74) is 1.68. The molecule has 3 rings (SSSR count). The number of fused-ring (bicyclic) bond motifs is 1.